The van der Waals surface area contributed by atoms with Gasteiger partial charge in [0.05, 0.1) is 15.9 Å². The molecule has 0 aliphatic heterocycles. The molecule has 0 atom stereocenters. The molecule has 0 amide bonds. The van der Waals surface area contributed by atoms with E-state index in [1.807, 2.05) is 24.3 Å². The number of thiazole rings is 1. The van der Waals surface area contributed by atoms with Crippen LogP contribution in [0.1, 0.15) is 5.56 Å². The smallest absolute Gasteiger partial charge is 0.195 e. The maximum atomic E-state index is 12.1. The minimum Gasteiger partial charge on any atom is -0.491 e. The lowest BCUT2D eigenvalue weighted by molar-refractivity contribution is 0.273. The zero-order chi connectivity index (χ0) is 15.8. The molecular formula is C18H15FN2OS. The Morgan fingerprint density at radius 2 is 2.00 bits per heavy atom. The lowest BCUT2D eigenvalue weighted by atomic mass is 10.1. The van der Waals surface area contributed by atoms with E-state index in [9.17, 15) is 4.39 Å². The number of nitrogens with zero attached hydrogens (tertiary/aromatic N) is 2. The summed E-state index contributed by atoms with van der Waals surface area (Å²) in [6.45, 7) is 1.70. The summed E-state index contributed by atoms with van der Waals surface area (Å²) < 4.78 is 20.8. The topological polar surface area (TPSA) is 26.5 Å². The monoisotopic (exact) mass is 326 g/mol. The number of alkyl halides is 1. The summed E-state index contributed by atoms with van der Waals surface area (Å²) in [4.78, 5) is 5.71. The van der Waals surface area contributed by atoms with E-state index < -0.39 is 6.67 Å². The summed E-state index contributed by atoms with van der Waals surface area (Å²) in [5, 5.41) is 0. The van der Waals surface area contributed by atoms with Crippen molar-refractivity contribution in [3.8, 4) is 17.0 Å². The predicted molar refractivity (Wildman–Crippen MR) is 92.2 cm³/mol. The molecule has 0 unspecified atom stereocenters. The quantitative estimate of drug-likeness (QED) is 0.535. The average Bonchev–Trinajstić information content (AvgIpc) is 3.10. The Morgan fingerprint density at radius 1 is 1.17 bits per heavy atom. The van der Waals surface area contributed by atoms with E-state index in [4.69, 9.17) is 9.72 Å². The SMILES string of the molecule is Cc1ccc2c(c1)sc1nc(-c3ccc(OCCF)cc3)cn12. The van der Waals surface area contributed by atoms with Gasteiger partial charge >= 0.3 is 0 Å². The van der Waals surface area contributed by atoms with E-state index in [1.54, 1.807) is 11.3 Å². The highest BCUT2D eigenvalue weighted by molar-refractivity contribution is 7.23. The molecule has 3 nitrogen and oxygen atoms in total. The van der Waals surface area contributed by atoms with Crippen molar-refractivity contribution in [2.75, 3.05) is 13.3 Å². The fraction of sp³-hybridized carbons (Fsp3) is 0.167. The molecule has 2 heterocycles. The normalized spacial score (nSPS) is 11.4. The highest BCUT2D eigenvalue weighted by Crippen LogP contribution is 2.30. The van der Waals surface area contributed by atoms with Crippen molar-refractivity contribution < 1.29 is 9.13 Å². The third-order valence-corrected chi connectivity index (χ3v) is 4.76. The molecule has 0 spiro atoms. The van der Waals surface area contributed by atoms with Crippen LogP contribution in [-0.2, 0) is 0 Å². The van der Waals surface area contributed by atoms with E-state index in [2.05, 4.69) is 35.7 Å². The molecule has 5 heteroatoms. The van der Waals surface area contributed by atoms with Crippen LogP contribution < -0.4 is 4.74 Å². The lowest BCUT2D eigenvalue weighted by Crippen LogP contribution is -1.98. The zero-order valence-corrected chi connectivity index (χ0v) is 13.4. The molecule has 4 aromatic rings. The first-order valence-electron chi connectivity index (χ1n) is 7.42. The molecule has 0 aliphatic carbocycles. The predicted octanol–water partition coefficient (Wildman–Crippen LogP) is 4.87. The van der Waals surface area contributed by atoms with E-state index in [1.165, 1.54) is 15.8 Å². The van der Waals surface area contributed by atoms with Crippen molar-refractivity contribution in [2.45, 2.75) is 6.92 Å². The van der Waals surface area contributed by atoms with Gasteiger partial charge in [0, 0.05) is 11.8 Å². The first kappa shape index (κ1) is 14.2. The van der Waals surface area contributed by atoms with Crippen molar-refractivity contribution in [2.24, 2.45) is 0 Å². The lowest BCUT2D eigenvalue weighted by Gasteiger charge is -2.03. The third-order valence-electron chi connectivity index (χ3n) is 3.75. The second-order valence-electron chi connectivity index (χ2n) is 5.41. The molecule has 4 rings (SSSR count). The van der Waals surface area contributed by atoms with Gasteiger partial charge in [-0.2, -0.15) is 0 Å². The second kappa shape index (κ2) is 5.66. The first-order chi connectivity index (χ1) is 11.2. The maximum absolute atomic E-state index is 12.1. The van der Waals surface area contributed by atoms with Crippen LogP contribution in [0.5, 0.6) is 5.75 Å². The number of benzene rings is 2. The summed E-state index contributed by atoms with van der Waals surface area (Å²) in [5.41, 5.74) is 4.38. The second-order valence-corrected chi connectivity index (χ2v) is 6.42. The Bertz CT molecular complexity index is 972. The number of rotatable bonds is 4. The molecule has 116 valence electrons. The molecule has 0 N–H and O–H groups in total. The average molecular weight is 326 g/mol. The largest absolute Gasteiger partial charge is 0.491 e. The van der Waals surface area contributed by atoms with Crippen LogP contribution >= 0.6 is 11.3 Å². The zero-order valence-electron chi connectivity index (χ0n) is 12.6. The number of aromatic nitrogens is 2. The van der Waals surface area contributed by atoms with Gasteiger partial charge in [-0.05, 0) is 48.9 Å². The van der Waals surface area contributed by atoms with E-state index in [0.717, 1.165) is 16.2 Å². The van der Waals surface area contributed by atoms with Gasteiger partial charge in [0.25, 0.3) is 0 Å². The van der Waals surface area contributed by atoms with Gasteiger partial charge in [-0.15, -0.1) is 0 Å². The summed E-state index contributed by atoms with van der Waals surface area (Å²) in [6.07, 6.45) is 2.06. The summed E-state index contributed by atoms with van der Waals surface area (Å²) in [5.74, 6) is 0.674. The van der Waals surface area contributed by atoms with Gasteiger partial charge < -0.3 is 4.74 Å². The molecule has 0 saturated heterocycles. The van der Waals surface area contributed by atoms with Crippen molar-refractivity contribution in [1.82, 2.24) is 9.38 Å². The Morgan fingerprint density at radius 3 is 2.78 bits per heavy atom. The fourth-order valence-corrected chi connectivity index (χ4v) is 3.73. The van der Waals surface area contributed by atoms with Gasteiger partial charge in [-0.1, -0.05) is 17.4 Å². The van der Waals surface area contributed by atoms with E-state index in [0.29, 0.717) is 5.75 Å². The van der Waals surface area contributed by atoms with Crippen LogP contribution in [0.4, 0.5) is 4.39 Å². The van der Waals surface area contributed by atoms with Gasteiger partial charge in [0.1, 0.15) is 19.0 Å². The maximum Gasteiger partial charge on any atom is 0.195 e. The summed E-state index contributed by atoms with van der Waals surface area (Å²) in [7, 11) is 0. The Labute approximate surface area is 137 Å². The van der Waals surface area contributed by atoms with Crippen molar-refractivity contribution >= 4 is 26.5 Å². The fourth-order valence-electron chi connectivity index (χ4n) is 2.63. The number of ether oxygens (including phenoxy) is 1. The van der Waals surface area contributed by atoms with E-state index >= 15 is 0 Å². The van der Waals surface area contributed by atoms with Crippen molar-refractivity contribution in [3.63, 3.8) is 0 Å². The van der Waals surface area contributed by atoms with Crippen LogP contribution in [0.25, 0.3) is 26.4 Å². The Kier molecular flexibility index (Phi) is 3.50. The minimum absolute atomic E-state index is 0.0883. The van der Waals surface area contributed by atoms with E-state index in [-0.39, 0.29) is 6.61 Å². The highest BCUT2D eigenvalue weighted by Gasteiger charge is 2.10. The van der Waals surface area contributed by atoms with Crippen LogP contribution in [0.2, 0.25) is 0 Å². The Hall–Kier alpha value is -2.40. The number of aryl methyl sites for hydroxylation is 1. The van der Waals surface area contributed by atoms with Crippen LogP contribution in [0, 0.1) is 6.92 Å². The highest BCUT2D eigenvalue weighted by atomic mass is 32.1. The van der Waals surface area contributed by atoms with Crippen LogP contribution in [-0.4, -0.2) is 22.7 Å². The van der Waals surface area contributed by atoms with Crippen molar-refractivity contribution in [1.29, 1.82) is 0 Å². The molecule has 0 radical (unpaired) electrons. The molecular weight excluding hydrogens is 311 g/mol. The summed E-state index contributed by atoms with van der Waals surface area (Å²) in [6, 6.07) is 14.0. The number of hydrogen-bond donors (Lipinski definition) is 0. The van der Waals surface area contributed by atoms with Gasteiger partial charge in [-0.25, -0.2) is 9.37 Å². The van der Waals surface area contributed by atoms with Crippen LogP contribution in [0.15, 0.2) is 48.7 Å². The van der Waals surface area contributed by atoms with Crippen LogP contribution in [0.3, 0.4) is 0 Å². The Balaban J connectivity index is 1.71. The molecule has 0 fully saturated rings. The number of hydrogen-bond acceptors (Lipinski definition) is 3. The molecule has 2 aromatic heterocycles. The van der Waals surface area contributed by atoms with Gasteiger partial charge in [-0.3, -0.25) is 4.40 Å². The number of halogens is 1. The minimum atomic E-state index is -0.481. The number of fused-ring (bicyclic) bond motifs is 3. The molecule has 0 saturated carbocycles. The number of imidazole rings is 1. The molecule has 0 bridgehead atoms. The van der Waals surface area contributed by atoms with Crippen molar-refractivity contribution in [3.05, 3.63) is 54.2 Å². The third kappa shape index (κ3) is 2.57. The summed E-state index contributed by atoms with van der Waals surface area (Å²) >= 11 is 1.69. The van der Waals surface area contributed by atoms with Gasteiger partial charge in [0.2, 0.25) is 0 Å². The first-order valence-corrected chi connectivity index (χ1v) is 8.24. The molecule has 2 aromatic carbocycles. The molecule has 23 heavy (non-hydrogen) atoms. The standard InChI is InChI=1S/C18H15FN2OS/c1-12-2-7-16-17(10-12)23-18-20-15(11-21(16)18)13-3-5-14(6-4-13)22-9-8-19/h2-7,10-11H,8-9H2,1H3. The van der Waals surface area contributed by atoms with Gasteiger partial charge in [0.15, 0.2) is 4.96 Å². The molecule has 0 aliphatic rings.